The zero-order chi connectivity index (χ0) is 12.4. The van der Waals surface area contributed by atoms with Gasteiger partial charge in [0.15, 0.2) is 11.7 Å². The van der Waals surface area contributed by atoms with Crippen LogP contribution in [0.25, 0.3) is 0 Å². The number of hydrogen-bond donors (Lipinski definition) is 2. The third kappa shape index (κ3) is 1.91. The summed E-state index contributed by atoms with van der Waals surface area (Å²) in [6.07, 6.45) is 0.966. The quantitative estimate of drug-likeness (QED) is 0.834. The van der Waals surface area contributed by atoms with Crippen LogP contribution in [0.1, 0.15) is 30.9 Å². The highest BCUT2D eigenvalue weighted by Gasteiger charge is 2.32. The monoisotopic (exact) mass is 231 g/mol. The van der Waals surface area contributed by atoms with Crippen LogP contribution in [0.5, 0.6) is 0 Å². The van der Waals surface area contributed by atoms with Crippen molar-refractivity contribution in [1.29, 1.82) is 10.8 Å². The Kier molecular flexibility index (Phi) is 2.91. The van der Waals surface area contributed by atoms with Gasteiger partial charge < -0.3 is 4.84 Å². The van der Waals surface area contributed by atoms with Gasteiger partial charge in [0.1, 0.15) is 0 Å². The fourth-order valence-electron chi connectivity index (χ4n) is 1.67. The van der Waals surface area contributed by atoms with E-state index in [1.165, 1.54) is 0 Å². The first kappa shape index (κ1) is 11.3. The molecule has 0 saturated carbocycles. The van der Waals surface area contributed by atoms with Gasteiger partial charge >= 0.3 is 5.97 Å². The molecular weight excluding hydrogens is 218 g/mol. The maximum absolute atomic E-state index is 11.4. The number of nitrogens with one attached hydrogen (secondary N) is 2. The molecule has 2 N–H and O–H groups in total. The molecule has 2 rings (SSSR count). The van der Waals surface area contributed by atoms with Gasteiger partial charge in [0.2, 0.25) is 0 Å². The number of fused-ring (bicyclic) bond motifs is 1. The van der Waals surface area contributed by atoms with E-state index in [2.05, 4.69) is 0 Å². The van der Waals surface area contributed by atoms with Crippen LogP contribution in [-0.4, -0.2) is 22.7 Å². The van der Waals surface area contributed by atoms with Crippen molar-refractivity contribution in [3.05, 3.63) is 35.4 Å². The third-order valence-corrected chi connectivity index (χ3v) is 2.49. The van der Waals surface area contributed by atoms with Crippen molar-refractivity contribution in [2.45, 2.75) is 19.8 Å². The van der Waals surface area contributed by atoms with Crippen molar-refractivity contribution >= 4 is 17.6 Å². The standard InChI is InChI=1S/C12H13N3O2/c1-2-5-10(16)17-15-11(13)8-6-3-4-7-9(8)12(15)14/h3-4,6-7,13-14H,2,5H2,1H3. The van der Waals surface area contributed by atoms with Crippen LogP contribution >= 0.6 is 0 Å². The minimum Gasteiger partial charge on any atom is -0.333 e. The Morgan fingerprint density at radius 1 is 1.24 bits per heavy atom. The van der Waals surface area contributed by atoms with E-state index in [0.717, 1.165) is 5.06 Å². The highest BCUT2D eigenvalue weighted by atomic mass is 16.7. The molecule has 0 saturated heterocycles. The SMILES string of the molecule is CCCC(=O)ON1C(=N)c2ccccc2C1=N. The molecule has 0 amide bonds. The van der Waals surface area contributed by atoms with Crippen molar-refractivity contribution in [3.63, 3.8) is 0 Å². The normalized spacial score (nSPS) is 13.8. The molecule has 0 unspecified atom stereocenters. The molecule has 5 nitrogen and oxygen atoms in total. The Hall–Kier alpha value is -2.17. The minimum atomic E-state index is -0.421. The summed E-state index contributed by atoms with van der Waals surface area (Å²) in [5.74, 6) is -0.347. The van der Waals surface area contributed by atoms with Gasteiger partial charge in [-0.05, 0) is 6.42 Å². The van der Waals surface area contributed by atoms with Crippen LogP contribution in [0.15, 0.2) is 24.3 Å². The molecular formula is C12H13N3O2. The van der Waals surface area contributed by atoms with E-state index in [4.69, 9.17) is 15.7 Å². The van der Waals surface area contributed by atoms with Gasteiger partial charge in [-0.25, -0.2) is 4.79 Å². The van der Waals surface area contributed by atoms with Crippen molar-refractivity contribution in [2.24, 2.45) is 0 Å². The van der Waals surface area contributed by atoms with Gasteiger partial charge in [-0.15, -0.1) is 5.06 Å². The number of nitrogens with zero attached hydrogens (tertiary/aromatic N) is 1. The lowest BCUT2D eigenvalue weighted by Gasteiger charge is -2.16. The molecule has 1 aromatic rings. The topological polar surface area (TPSA) is 77.2 Å². The van der Waals surface area contributed by atoms with E-state index in [9.17, 15) is 4.79 Å². The van der Waals surface area contributed by atoms with Gasteiger partial charge in [0, 0.05) is 17.5 Å². The zero-order valence-corrected chi connectivity index (χ0v) is 9.49. The largest absolute Gasteiger partial charge is 0.333 e. The molecule has 0 atom stereocenters. The van der Waals surface area contributed by atoms with Crippen LogP contribution in [0.3, 0.4) is 0 Å². The molecule has 1 aromatic carbocycles. The highest BCUT2D eigenvalue weighted by Crippen LogP contribution is 2.22. The number of carbonyl (C=O) groups is 1. The van der Waals surface area contributed by atoms with Crippen LogP contribution in [-0.2, 0) is 9.63 Å². The first-order valence-corrected chi connectivity index (χ1v) is 5.43. The molecule has 88 valence electrons. The van der Waals surface area contributed by atoms with Crippen molar-refractivity contribution in [2.75, 3.05) is 0 Å². The second kappa shape index (κ2) is 4.37. The molecule has 0 spiro atoms. The van der Waals surface area contributed by atoms with Gasteiger partial charge in [0.05, 0.1) is 0 Å². The number of hydrogen-bond acceptors (Lipinski definition) is 4. The molecule has 1 aliphatic heterocycles. The first-order chi connectivity index (χ1) is 8.15. The minimum absolute atomic E-state index is 0.0371. The number of hydroxylamine groups is 2. The predicted molar refractivity (Wildman–Crippen MR) is 62.9 cm³/mol. The van der Waals surface area contributed by atoms with E-state index >= 15 is 0 Å². The van der Waals surface area contributed by atoms with Gasteiger partial charge in [0.25, 0.3) is 0 Å². The number of benzene rings is 1. The summed E-state index contributed by atoms with van der Waals surface area (Å²) in [5.41, 5.74) is 1.23. The molecule has 0 bridgehead atoms. The fourth-order valence-corrected chi connectivity index (χ4v) is 1.67. The Balaban J connectivity index is 2.22. The van der Waals surface area contributed by atoms with E-state index in [1.54, 1.807) is 24.3 Å². The Labute approximate surface area is 99.0 Å². The van der Waals surface area contributed by atoms with Crippen molar-refractivity contribution in [3.8, 4) is 0 Å². The highest BCUT2D eigenvalue weighted by molar-refractivity contribution is 6.22. The van der Waals surface area contributed by atoms with Crippen LogP contribution in [0, 0.1) is 10.8 Å². The average molecular weight is 231 g/mol. The van der Waals surface area contributed by atoms with Gasteiger partial charge in [-0.2, -0.15) is 0 Å². The van der Waals surface area contributed by atoms with Gasteiger partial charge in [-0.3, -0.25) is 10.8 Å². The lowest BCUT2D eigenvalue weighted by atomic mass is 10.1. The molecule has 0 aliphatic carbocycles. The Morgan fingerprint density at radius 2 is 1.76 bits per heavy atom. The summed E-state index contributed by atoms with van der Waals surface area (Å²) in [4.78, 5) is 16.4. The zero-order valence-electron chi connectivity index (χ0n) is 9.49. The van der Waals surface area contributed by atoms with Crippen LogP contribution in [0.2, 0.25) is 0 Å². The summed E-state index contributed by atoms with van der Waals surface area (Å²) < 4.78 is 0. The van der Waals surface area contributed by atoms with Crippen molar-refractivity contribution in [1.82, 2.24) is 5.06 Å². The summed E-state index contributed by atoms with van der Waals surface area (Å²) in [5, 5.41) is 16.7. The van der Waals surface area contributed by atoms with E-state index in [0.29, 0.717) is 17.5 Å². The number of carbonyl (C=O) groups excluding carboxylic acids is 1. The summed E-state index contributed by atoms with van der Waals surface area (Å²) >= 11 is 0. The summed E-state index contributed by atoms with van der Waals surface area (Å²) in [6, 6.07) is 7.05. The molecule has 5 heteroatoms. The van der Waals surface area contributed by atoms with E-state index in [1.807, 2.05) is 6.92 Å². The van der Waals surface area contributed by atoms with Crippen LogP contribution in [0.4, 0.5) is 0 Å². The molecule has 0 aromatic heterocycles. The number of rotatable bonds is 3. The maximum atomic E-state index is 11.4. The lowest BCUT2D eigenvalue weighted by molar-refractivity contribution is -0.162. The second-order valence-electron chi connectivity index (χ2n) is 3.75. The third-order valence-electron chi connectivity index (χ3n) is 2.49. The molecule has 0 fully saturated rings. The second-order valence-corrected chi connectivity index (χ2v) is 3.75. The fraction of sp³-hybridized carbons (Fsp3) is 0.250. The Bertz CT molecular complexity index is 461. The van der Waals surface area contributed by atoms with E-state index in [-0.39, 0.29) is 18.1 Å². The van der Waals surface area contributed by atoms with Gasteiger partial charge in [-0.1, -0.05) is 31.2 Å². The summed E-state index contributed by atoms with van der Waals surface area (Å²) in [6.45, 7) is 1.87. The lowest BCUT2D eigenvalue weighted by Crippen LogP contribution is -2.32. The summed E-state index contributed by atoms with van der Waals surface area (Å²) in [7, 11) is 0. The molecule has 17 heavy (non-hydrogen) atoms. The van der Waals surface area contributed by atoms with Crippen LogP contribution < -0.4 is 0 Å². The van der Waals surface area contributed by atoms with Crippen molar-refractivity contribution < 1.29 is 9.63 Å². The first-order valence-electron chi connectivity index (χ1n) is 5.43. The molecule has 1 heterocycles. The smallest absolute Gasteiger partial charge is 0.333 e. The molecule has 0 radical (unpaired) electrons. The number of amidine groups is 2. The van der Waals surface area contributed by atoms with E-state index < -0.39 is 5.97 Å². The predicted octanol–water partition coefficient (Wildman–Crippen LogP) is 1.91. The Morgan fingerprint density at radius 3 is 2.24 bits per heavy atom. The molecule has 1 aliphatic rings. The maximum Gasteiger partial charge on any atom is 0.333 e. The average Bonchev–Trinajstić information content (AvgIpc) is 2.56.